The fourth-order valence-electron chi connectivity index (χ4n) is 3.13. The predicted octanol–water partition coefficient (Wildman–Crippen LogP) is 3.91. The van der Waals surface area contributed by atoms with Gasteiger partial charge in [-0.05, 0) is 24.3 Å². The van der Waals surface area contributed by atoms with Crippen LogP contribution in [0, 0.1) is 11.3 Å². The standard InChI is InChI=1S/C17H36N2/c1-7-8-9-10-11-19-13-15(14(2)3)18-12-16(19)17(4,5)6/h14-16,18H,7-13H2,1-6H3. The summed E-state index contributed by atoms with van der Waals surface area (Å²) >= 11 is 0. The summed E-state index contributed by atoms with van der Waals surface area (Å²) in [5.74, 6) is 0.735. The van der Waals surface area contributed by atoms with Crippen molar-refractivity contribution in [1.29, 1.82) is 0 Å². The highest BCUT2D eigenvalue weighted by atomic mass is 15.2. The second-order valence-electron chi connectivity index (χ2n) is 7.70. The molecule has 2 heteroatoms. The molecule has 0 spiro atoms. The van der Waals surface area contributed by atoms with Crippen LogP contribution in [0.4, 0.5) is 0 Å². The molecule has 114 valence electrons. The minimum atomic E-state index is 0.375. The van der Waals surface area contributed by atoms with Crippen LogP contribution in [0.25, 0.3) is 0 Å². The van der Waals surface area contributed by atoms with Gasteiger partial charge in [0.25, 0.3) is 0 Å². The second kappa shape index (κ2) is 7.64. The predicted molar refractivity (Wildman–Crippen MR) is 85.6 cm³/mol. The van der Waals surface area contributed by atoms with Crippen LogP contribution in [0.3, 0.4) is 0 Å². The van der Waals surface area contributed by atoms with E-state index in [9.17, 15) is 0 Å². The van der Waals surface area contributed by atoms with E-state index in [4.69, 9.17) is 0 Å². The number of nitrogens with one attached hydrogen (secondary N) is 1. The lowest BCUT2D eigenvalue weighted by atomic mass is 9.83. The molecule has 1 aliphatic heterocycles. The molecule has 0 amide bonds. The Morgan fingerprint density at radius 1 is 1.16 bits per heavy atom. The lowest BCUT2D eigenvalue weighted by Gasteiger charge is -2.47. The summed E-state index contributed by atoms with van der Waals surface area (Å²) in [6, 6.07) is 1.36. The van der Waals surface area contributed by atoms with Crippen molar-refractivity contribution in [3.05, 3.63) is 0 Å². The summed E-state index contributed by atoms with van der Waals surface area (Å²) < 4.78 is 0. The van der Waals surface area contributed by atoms with Crippen LogP contribution < -0.4 is 5.32 Å². The van der Waals surface area contributed by atoms with Crippen LogP contribution in [0.1, 0.15) is 67.2 Å². The third-order valence-corrected chi connectivity index (χ3v) is 4.55. The molecule has 19 heavy (non-hydrogen) atoms. The summed E-state index contributed by atoms with van der Waals surface area (Å²) in [7, 11) is 0. The molecule has 2 atom stereocenters. The number of hydrogen-bond donors (Lipinski definition) is 1. The molecule has 1 N–H and O–H groups in total. The van der Waals surface area contributed by atoms with Crippen molar-refractivity contribution in [3.63, 3.8) is 0 Å². The minimum Gasteiger partial charge on any atom is -0.311 e. The zero-order chi connectivity index (χ0) is 14.5. The van der Waals surface area contributed by atoms with Crippen molar-refractivity contribution in [3.8, 4) is 0 Å². The van der Waals surface area contributed by atoms with E-state index in [0.717, 1.165) is 12.5 Å². The summed E-state index contributed by atoms with van der Waals surface area (Å²) in [5.41, 5.74) is 0.375. The Kier molecular flexibility index (Phi) is 6.82. The largest absolute Gasteiger partial charge is 0.311 e. The number of nitrogens with zero attached hydrogens (tertiary/aromatic N) is 1. The molecular formula is C17H36N2. The third kappa shape index (κ3) is 5.43. The van der Waals surface area contributed by atoms with E-state index in [1.807, 2.05) is 0 Å². The topological polar surface area (TPSA) is 15.3 Å². The van der Waals surface area contributed by atoms with Gasteiger partial charge < -0.3 is 5.32 Å². The van der Waals surface area contributed by atoms with Crippen molar-refractivity contribution >= 4 is 0 Å². The van der Waals surface area contributed by atoms with Crippen molar-refractivity contribution < 1.29 is 0 Å². The summed E-state index contributed by atoms with van der Waals surface area (Å²) in [5, 5.41) is 3.77. The highest BCUT2D eigenvalue weighted by molar-refractivity contribution is 4.93. The molecule has 0 aromatic rings. The highest BCUT2D eigenvalue weighted by Crippen LogP contribution is 2.27. The van der Waals surface area contributed by atoms with Crippen molar-refractivity contribution in [2.75, 3.05) is 19.6 Å². The van der Waals surface area contributed by atoms with Crippen LogP contribution in [0.15, 0.2) is 0 Å². The van der Waals surface area contributed by atoms with Gasteiger partial charge in [0.05, 0.1) is 0 Å². The molecule has 0 bridgehead atoms. The number of unbranched alkanes of at least 4 members (excludes halogenated alkanes) is 3. The molecule has 1 heterocycles. The van der Waals surface area contributed by atoms with E-state index < -0.39 is 0 Å². The zero-order valence-corrected chi connectivity index (χ0v) is 14.1. The molecule has 0 aliphatic carbocycles. The van der Waals surface area contributed by atoms with E-state index in [1.165, 1.54) is 38.8 Å². The first-order valence-corrected chi connectivity index (χ1v) is 8.33. The summed E-state index contributed by atoms with van der Waals surface area (Å²) in [6.45, 7) is 17.8. The molecule has 0 aromatic heterocycles. The first-order chi connectivity index (χ1) is 8.86. The normalized spacial score (nSPS) is 26.1. The zero-order valence-electron chi connectivity index (χ0n) is 14.1. The molecule has 2 unspecified atom stereocenters. The molecular weight excluding hydrogens is 232 g/mol. The van der Waals surface area contributed by atoms with Gasteiger partial charge in [0.1, 0.15) is 0 Å². The van der Waals surface area contributed by atoms with Gasteiger partial charge in [0, 0.05) is 25.2 Å². The van der Waals surface area contributed by atoms with Gasteiger partial charge in [-0.15, -0.1) is 0 Å². The average molecular weight is 268 g/mol. The Morgan fingerprint density at radius 2 is 1.84 bits per heavy atom. The van der Waals surface area contributed by atoms with Crippen LogP contribution in [0.2, 0.25) is 0 Å². The highest BCUT2D eigenvalue weighted by Gasteiger charge is 2.35. The molecule has 2 nitrogen and oxygen atoms in total. The Morgan fingerprint density at radius 3 is 2.37 bits per heavy atom. The van der Waals surface area contributed by atoms with Gasteiger partial charge in [-0.2, -0.15) is 0 Å². The smallest absolute Gasteiger partial charge is 0.0269 e. The van der Waals surface area contributed by atoms with Gasteiger partial charge in [0.15, 0.2) is 0 Å². The third-order valence-electron chi connectivity index (χ3n) is 4.55. The van der Waals surface area contributed by atoms with E-state index in [1.54, 1.807) is 0 Å². The lowest BCUT2D eigenvalue weighted by molar-refractivity contribution is 0.0449. The lowest BCUT2D eigenvalue weighted by Crippen LogP contribution is -2.61. The van der Waals surface area contributed by atoms with E-state index in [-0.39, 0.29) is 0 Å². The van der Waals surface area contributed by atoms with Crippen LogP contribution in [-0.2, 0) is 0 Å². The molecule has 1 rings (SSSR count). The van der Waals surface area contributed by atoms with E-state index >= 15 is 0 Å². The Labute approximate surface area is 121 Å². The fraction of sp³-hybridized carbons (Fsp3) is 1.00. The summed E-state index contributed by atoms with van der Waals surface area (Å²) in [6.07, 6.45) is 5.48. The number of rotatable bonds is 6. The first kappa shape index (κ1) is 17.0. The molecule has 0 saturated carbocycles. The quantitative estimate of drug-likeness (QED) is 0.735. The average Bonchev–Trinajstić information content (AvgIpc) is 2.33. The molecule has 1 fully saturated rings. The van der Waals surface area contributed by atoms with Crippen LogP contribution in [-0.4, -0.2) is 36.6 Å². The monoisotopic (exact) mass is 268 g/mol. The van der Waals surface area contributed by atoms with Gasteiger partial charge in [-0.25, -0.2) is 0 Å². The minimum absolute atomic E-state index is 0.375. The van der Waals surface area contributed by atoms with E-state index in [2.05, 4.69) is 51.8 Å². The maximum atomic E-state index is 3.77. The van der Waals surface area contributed by atoms with Gasteiger partial charge in [0.2, 0.25) is 0 Å². The summed E-state index contributed by atoms with van der Waals surface area (Å²) in [4.78, 5) is 2.76. The van der Waals surface area contributed by atoms with Gasteiger partial charge in [-0.3, -0.25) is 4.90 Å². The van der Waals surface area contributed by atoms with Crippen molar-refractivity contribution in [2.24, 2.45) is 11.3 Å². The molecule has 1 saturated heterocycles. The van der Waals surface area contributed by atoms with Gasteiger partial charge in [-0.1, -0.05) is 60.8 Å². The number of hydrogen-bond acceptors (Lipinski definition) is 2. The second-order valence-corrected chi connectivity index (χ2v) is 7.70. The van der Waals surface area contributed by atoms with Crippen molar-refractivity contribution in [2.45, 2.75) is 79.3 Å². The maximum Gasteiger partial charge on any atom is 0.0269 e. The molecule has 0 radical (unpaired) electrons. The van der Waals surface area contributed by atoms with Crippen LogP contribution in [0.5, 0.6) is 0 Å². The first-order valence-electron chi connectivity index (χ1n) is 8.33. The van der Waals surface area contributed by atoms with Crippen molar-refractivity contribution in [1.82, 2.24) is 10.2 Å². The SMILES string of the molecule is CCCCCCN1CC(C(C)C)NCC1C(C)(C)C. The van der Waals surface area contributed by atoms with Crippen LogP contribution >= 0.6 is 0 Å². The Hall–Kier alpha value is -0.0800. The maximum absolute atomic E-state index is 3.77. The fourth-order valence-corrected chi connectivity index (χ4v) is 3.13. The van der Waals surface area contributed by atoms with E-state index in [0.29, 0.717) is 17.5 Å². The Bertz CT molecular complexity index is 242. The van der Waals surface area contributed by atoms with Gasteiger partial charge >= 0.3 is 0 Å². The molecule has 1 aliphatic rings. The Balaban J connectivity index is 2.55. The number of piperazine rings is 1. The molecule has 0 aromatic carbocycles.